The zero-order valence-corrected chi connectivity index (χ0v) is 13.8. The van der Waals surface area contributed by atoms with Crippen molar-refractivity contribution in [3.05, 3.63) is 40.7 Å². The van der Waals surface area contributed by atoms with Gasteiger partial charge >= 0.3 is 0 Å². The smallest absolute Gasteiger partial charge is 0.265 e. The van der Waals surface area contributed by atoms with Crippen LogP contribution in [0.2, 0.25) is 0 Å². The van der Waals surface area contributed by atoms with Gasteiger partial charge in [0.1, 0.15) is 4.88 Å². The van der Waals surface area contributed by atoms with E-state index in [4.69, 9.17) is 5.73 Å². The van der Waals surface area contributed by atoms with E-state index in [9.17, 15) is 9.90 Å². The van der Waals surface area contributed by atoms with E-state index in [0.29, 0.717) is 42.4 Å². The molecular weight excluding hydrogens is 312 g/mol. The van der Waals surface area contributed by atoms with Gasteiger partial charge in [-0.25, -0.2) is 4.98 Å². The van der Waals surface area contributed by atoms with Crippen LogP contribution in [0.5, 0.6) is 0 Å². The number of nitrogen functional groups attached to an aromatic ring is 1. The number of anilines is 1. The average molecular weight is 332 g/mol. The Labute approximate surface area is 139 Å². The molecule has 0 radical (unpaired) electrons. The molecule has 122 valence electrons. The monoisotopic (exact) mass is 332 g/mol. The first-order chi connectivity index (χ1) is 11.0. The minimum absolute atomic E-state index is 0.0377. The largest absolute Gasteiger partial charge is 0.385 e. The summed E-state index contributed by atoms with van der Waals surface area (Å²) in [6.45, 7) is 2.97. The van der Waals surface area contributed by atoms with Crippen LogP contribution in [0.1, 0.15) is 40.7 Å². The maximum Gasteiger partial charge on any atom is 0.265 e. The number of aryl methyl sites for hydroxylation is 1. The number of piperidine rings is 1. The van der Waals surface area contributed by atoms with E-state index in [1.54, 1.807) is 17.3 Å². The minimum atomic E-state index is -0.911. The fourth-order valence-corrected chi connectivity index (χ4v) is 3.82. The molecule has 0 atom stereocenters. The van der Waals surface area contributed by atoms with Crippen molar-refractivity contribution in [1.82, 2.24) is 14.9 Å². The highest BCUT2D eigenvalue weighted by atomic mass is 32.1. The van der Waals surface area contributed by atoms with Crippen LogP contribution in [0, 0.1) is 0 Å². The van der Waals surface area contributed by atoms with E-state index in [1.807, 2.05) is 19.1 Å². The maximum atomic E-state index is 12.7. The van der Waals surface area contributed by atoms with Crippen molar-refractivity contribution >= 4 is 22.4 Å². The van der Waals surface area contributed by atoms with E-state index in [2.05, 4.69) is 9.97 Å². The number of hydrogen-bond donors (Lipinski definition) is 2. The number of nitrogens with zero attached hydrogens (tertiary/aromatic N) is 3. The van der Waals surface area contributed by atoms with Crippen LogP contribution in [0.25, 0.3) is 0 Å². The molecule has 1 aliphatic rings. The van der Waals surface area contributed by atoms with Crippen LogP contribution < -0.4 is 5.73 Å². The molecule has 3 heterocycles. The van der Waals surface area contributed by atoms with E-state index < -0.39 is 5.60 Å². The Kier molecular flexibility index (Phi) is 4.32. The molecule has 2 aromatic rings. The van der Waals surface area contributed by atoms with Crippen molar-refractivity contribution in [1.29, 1.82) is 0 Å². The van der Waals surface area contributed by atoms with Gasteiger partial charge in [-0.1, -0.05) is 24.3 Å². The summed E-state index contributed by atoms with van der Waals surface area (Å²) in [7, 11) is 0. The highest BCUT2D eigenvalue weighted by Gasteiger charge is 2.36. The molecule has 1 fully saturated rings. The quantitative estimate of drug-likeness (QED) is 0.894. The number of thiazole rings is 1. The summed E-state index contributed by atoms with van der Waals surface area (Å²) in [6, 6.07) is 3.70. The van der Waals surface area contributed by atoms with E-state index in [1.165, 1.54) is 11.3 Å². The molecule has 23 heavy (non-hydrogen) atoms. The zero-order valence-electron chi connectivity index (χ0n) is 13.0. The van der Waals surface area contributed by atoms with Gasteiger partial charge in [-0.15, -0.1) is 0 Å². The van der Waals surface area contributed by atoms with Crippen LogP contribution in [-0.4, -0.2) is 39.0 Å². The number of carbonyl (C=O) groups excluding carboxylic acids is 1. The van der Waals surface area contributed by atoms with Crippen LogP contribution in [0.4, 0.5) is 5.13 Å². The molecular formula is C16H20N4O2S. The summed E-state index contributed by atoms with van der Waals surface area (Å²) >= 11 is 1.24. The Hall–Kier alpha value is -1.99. The Morgan fingerprint density at radius 1 is 1.48 bits per heavy atom. The number of rotatable bonds is 3. The van der Waals surface area contributed by atoms with Gasteiger partial charge < -0.3 is 15.7 Å². The zero-order chi connectivity index (χ0) is 16.4. The van der Waals surface area contributed by atoms with Gasteiger partial charge in [0.15, 0.2) is 5.13 Å². The van der Waals surface area contributed by atoms with E-state index >= 15 is 0 Å². The Morgan fingerprint density at radius 2 is 2.22 bits per heavy atom. The number of nitrogens with two attached hydrogens (primary N) is 1. The van der Waals surface area contributed by atoms with Gasteiger partial charge in [0.25, 0.3) is 5.91 Å². The fraction of sp³-hybridized carbons (Fsp3) is 0.438. The summed E-state index contributed by atoms with van der Waals surface area (Å²) in [6.07, 6.45) is 5.06. The van der Waals surface area contributed by atoms with Crippen LogP contribution >= 0.6 is 11.3 Å². The predicted octanol–water partition coefficient (Wildman–Crippen LogP) is 1.81. The van der Waals surface area contributed by atoms with Crippen LogP contribution in [-0.2, 0) is 12.0 Å². The summed E-state index contributed by atoms with van der Waals surface area (Å²) in [4.78, 5) is 23.4. The first kappa shape index (κ1) is 15.9. The summed E-state index contributed by atoms with van der Waals surface area (Å²) < 4.78 is 0. The summed E-state index contributed by atoms with van der Waals surface area (Å²) in [5, 5.41) is 11.2. The SMILES string of the molecule is CCc1nc(N)sc1C(=O)N1CCC(O)(c2cccnc2)CC1. The van der Waals surface area contributed by atoms with Gasteiger partial charge in [0, 0.05) is 31.0 Å². The van der Waals surface area contributed by atoms with Gasteiger partial charge in [-0.05, 0) is 25.3 Å². The van der Waals surface area contributed by atoms with E-state index in [-0.39, 0.29) is 5.91 Å². The molecule has 1 aliphatic heterocycles. The second kappa shape index (κ2) is 6.25. The normalized spacial score (nSPS) is 17.2. The third-order valence-corrected chi connectivity index (χ3v) is 5.23. The lowest BCUT2D eigenvalue weighted by Crippen LogP contribution is -2.45. The Morgan fingerprint density at radius 3 is 2.83 bits per heavy atom. The van der Waals surface area contributed by atoms with Gasteiger partial charge in [-0.3, -0.25) is 9.78 Å². The molecule has 1 amide bonds. The molecule has 3 rings (SSSR count). The predicted molar refractivity (Wildman–Crippen MR) is 89.2 cm³/mol. The third-order valence-electron chi connectivity index (χ3n) is 4.32. The Balaban J connectivity index is 1.72. The van der Waals surface area contributed by atoms with Crippen molar-refractivity contribution in [2.24, 2.45) is 0 Å². The molecule has 2 aromatic heterocycles. The second-order valence-corrected chi connectivity index (χ2v) is 6.78. The van der Waals surface area contributed by atoms with Gasteiger partial charge in [-0.2, -0.15) is 0 Å². The number of pyridine rings is 1. The molecule has 0 aromatic carbocycles. The number of aromatic nitrogens is 2. The molecule has 0 bridgehead atoms. The first-order valence-corrected chi connectivity index (χ1v) is 8.52. The fourth-order valence-electron chi connectivity index (χ4n) is 2.93. The van der Waals surface area contributed by atoms with Crippen molar-refractivity contribution < 1.29 is 9.90 Å². The molecule has 0 spiro atoms. The average Bonchev–Trinajstić information content (AvgIpc) is 2.97. The molecule has 0 aliphatic carbocycles. The summed E-state index contributed by atoms with van der Waals surface area (Å²) in [5.41, 5.74) is 6.38. The number of likely N-dealkylation sites (tertiary alicyclic amines) is 1. The molecule has 6 nitrogen and oxygen atoms in total. The van der Waals surface area contributed by atoms with Gasteiger partial charge in [0.05, 0.1) is 11.3 Å². The molecule has 7 heteroatoms. The van der Waals surface area contributed by atoms with Crippen LogP contribution in [0.3, 0.4) is 0 Å². The lowest BCUT2D eigenvalue weighted by molar-refractivity contribution is -0.0213. The number of amides is 1. The lowest BCUT2D eigenvalue weighted by atomic mass is 9.85. The van der Waals surface area contributed by atoms with Crippen molar-refractivity contribution in [2.75, 3.05) is 18.8 Å². The number of carbonyl (C=O) groups is 1. The van der Waals surface area contributed by atoms with Crippen molar-refractivity contribution in [3.8, 4) is 0 Å². The van der Waals surface area contributed by atoms with E-state index in [0.717, 1.165) is 11.3 Å². The topological polar surface area (TPSA) is 92.3 Å². The van der Waals surface area contributed by atoms with Crippen molar-refractivity contribution in [3.63, 3.8) is 0 Å². The molecule has 0 saturated carbocycles. The maximum absolute atomic E-state index is 12.7. The molecule has 1 saturated heterocycles. The standard InChI is InChI=1S/C16H20N4O2S/c1-2-12-13(23-15(17)19-12)14(21)20-8-5-16(22,6-9-20)11-4-3-7-18-10-11/h3-4,7,10,22H,2,5-6,8-9H2,1H3,(H2,17,19). The number of hydrogen-bond acceptors (Lipinski definition) is 6. The highest BCUT2D eigenvalue weighted by Crippen LogP contribution is 2.33. The minimum Gasteiger partial charge on any atom is -0.385 e. The second-order valence-electron chi connectivity index (χ2n) is 5.75. The molecule has 3 N–H and O–H groups in total. The van der Waals surface area contributed by atoms with Gasteiger partial charge in [0.2, 0.25) is 0 Å². The van der Waals surface area contributed by atoms with Crippen LogP contribution in [0.15, 0.2) is 24.5 Å². The highest BCUT2D eigenvalue weighted by molar-refractivity contribution is 7.17. The number of aliphatic hydroxyl groups is 1. The molecule has 0 unspecified atom stereocenters. The lowest BCUT2D eigenvalue weighted by Gasteiger charge is -2.38. The first-order valence-electron chi connectivity index (χ1n) is 7.71. The Bertz CT molecular complexity index is 693. The van der Waals surface area contributed by atoms with Crippen molar-refractivity contribution in [2.45, 2.75) is 31.8 Å². The third kappa shape index (κ3) is 3.07. The summed E-state index contributed by atoms with van der Waals surface area (Å²) in [5.74, 6) is -0.0377.